The van der Waals surface area contributed by atoms with Crippen LogP contribution in [0.1, 0.15) is 16.7 Å². The van der Waals surface area contributed by atoms with Gasteiger partial charge in [0, 0.05) is 18.1 Å². The molecule has 15 heavy (non-hydrogen) atoms. The maximum atomic E-state index is 6.02. The van der Waals surface area contributed by atoms with E-state index in [2.05, 4.69) is 18.0 Å². The number of hydrogen-bond acceptors (Lipinski definition) is 2. The van der Waals surface area contributed by atoms with Crippen LogP contribution >= 0.6 is 0 Å². The molecular weight excluding hydrogens is 186 g/mol. The van der Waals surface area contributed by atoms with E-state index in [1.54, 1.807) is 12.5 Å². The lowest BCUT2D eigenvalue weighted by atomic mass is 10.0. The van der Waals surface area contributed by atoms with Gasteiger partial charge in [-0.25, -0.2) is 4.98 Å². The molecule has 78 valence electrons. The van der Waals surface area contributed by atoms with Crippen LogP contribution < -0.4 is 5.73 Å². The molecule has 0 bridgehead atoms. The van der Waals surface area contributed by atoms with Crippen molar-refractivity contribution in [2.24, 2.45) is 0 Å². The molecule has 0 fully saturated rings. The average molecular weight is 201 g/mol. The second-order valence-corrected chi connectivity index (χ2v) is 3.87. The van der Waals surface area contributed by atoms with E-state index in [0.29, 0.717) is 0 Å². The molecule has 3 nitrogen and oxygen atoms in total. The smallest absolute Gasteiger partial charge is 0.0991 e. The zero-order chi connectivity index (χ0) is 11.0. The van der Waals surface area contributed by atoms with Crippen LogP contribution in [0.5, 0.6) is 0 Å². The van der Waals surface area contributed by atoms with E-state index in [1.807, 2.05) is 24.6 Å². The Labute approximate surface area is 89.6 Å². The number of imidazole rings is 1. The molecule has 1 aromatic carbocycles. The first-order valence-corrected chi connectivity index (χ1v) is 4.96. The number of benzene rings is 1. The highest BCUT2D eigenvalue weighted by Crippen LogP contribution is 2.26. The van der Waals surface area contributed by atoms with Gasteiger partial charge in [0.2, 0.25) is 0 Å². The zero-order valence-electron chi connectivity index (χ0n) is 9.28. The molecule has 0 unspecified atom stereocenters. The van der Waals surface area contributed by atoms with Crippen molar-refractivity contribution in [1.29, 1.82) is 0 Å². The van der Waals surface area contributed by atoms with Crippen LogP contribution in [0.3, 0.4) is 0 Å². The summed E-state index contributed by atoms with van der Waals surface area (Å²) in [5, 5.41) is 0. The standard InChI is InChI=1S/C12H15N3/c1-8-6-9(2)12(10(3)11(8)13)15-5-4-14-7-15/h4-7H,13H2,1-3H3. The summed E-state index contributed by atoms with van der Waals surface area (Å²) < 4.78 is 2.00. The summed E-state index contributed by atoms with van der Waals surface area (Å²) >= 11 is 0. The highest BCUT2D eigenvalue weighted by Gasteiger charge is 2.09. The van der Waals surface area contributed by atoms with Crippen molar-refractivity contribution in [1.82, 2.24) is 9.55 Å². The molecule has 0 radical (unpaired) electrons. The normalized spacial score (nSPS) is 10.6. The van der Waals surface area contributed by atoms with Crippen LogP contribution in [-0.2, 0) is 0 Å². The van der Waals surface area contributed by atoms with Gasteiger partial charge < -0.3 is 10.3 Å². The first-order valence-electron chi connectivity index (χ1n) is 4.96. The first-order chi connectivity index (χ1) is 7.11. The fourth-order valence-electron chi connectivity index (χ4n) is 1.98. The molecule has 0 atom stereocenters. The maximum Gasteiger partial charge on any atom is 0.0991 e. The topological polar surface area (TPSA) is 43.8 Å². The van der Waals surface area contributed by atoms with Gasteiger partial charge in [-0.15, -0.1) is 0 Å². The van der Waals surface area contributed by atoms with Gasteiger partial charge in [0.25, 0.3) is 0 Å². The van der Waals surface area contributed by atoms with Gasteiger partial charge in [-0.1, -0.05) is 6.07 Å². The Kier molecular flexibility index (Phi) is 2.23. The van der Waals surface area contributed by atoms with E-state index in [4.69, 9.17) is 5.73 Å². The molecular formula is C12H15N3. The van der Waals surface area contributed by atoms with E-state index >= 15 is 0 Å². The van der Waals surface area contributed by atoms with Gasteiger partial charge in [0.15, 0.2) is 0 Å². The molecule has 0 aliphatic rings. The van der Waals surface area contributed by atoms with Crippen LogP contribution in [0.2, 0.25) is 0 Å². The summed E-state index contributed by atoms with van der Waals surface area (Å²) in [6.07, 6.45) is 5.50. The molecule has 2 N–H and O–H groups in total. The summed E-state index contributed by atoms with van der Waals surface area (Å²) in [5.41, 5.74) is 11.5. The molecule has 1 heterocycles. The maximum absolute atomic E-state index is 6.02. The number of anilines is 1. The lowest BCUT2D eigenvalue weighted by Crippen LogP contribution is -2.03. The minimum atomic E-state index is 0.865. The second kappa shape index (κ2) is 3.42. The minimum absolute atomic E-state index is 0.865. The van der Waals surface area contributed by atoms with Crippen LogP contribution in [0, 0.1) is 20.8 Å². The fraction of sp³-hybridized carbons (Fsp3) is 0.250. The predicted octanol–water partition coefficient (Wildman–Crippen LogP) is 2.38. The van der Waals surface area contributed by atoms with Crippen molar-refractivity contribution < 1.29 is 0 Å². The van der Waals surface area contributed by atoms with Gasteiger partial charge in [0.1, 0.15) is 0 Å². The lowest BCUT2D eigenvalue weighted by Gasteiger charge is -2.14. The second-order valence-electron chi connectivity index (χ2n) is 3.87. The Morgan fingerprint density at radius 1 is 1.20 bits per heavy atom. The van der Waals surface area contributed by atoms with Crippen molar-refractivity contribution in [2.45, 2.75) is 20.8 Å². The first kappa shape index (κ1) is 9.77. The van der Waals surface area contributed by atoms with Crippen LogP contribution in [0.4, 0.5) is 5.69 Å². The Bertz CT molecular complexity index is 484. The highest BCUT2D eigenvalue weighted by molar-refractivity contribution is 5.64. The van der Waals surface area contributed by atoms with Crippen LogP contribution in [0.15, 0.2) is 24.8 Å². The summed E-state index contributed by atoms with van der Waals surface area (Å²) in [6.45, 7) is 6.17. The monoisotopic (exact) mass is 201 g/mol. The third-order valence-corrected chi connectivity index (χ3v) is 2.75. The predicted molar refractivity (Wildman–Crippen MR) is 62.2 cm³/mol. The number of nitrogens with two attached hydrogens (primary N) is 1. The van der Waals surface area contributed by atoms with Gasteiger partial charge in [-0.3, -0.25) is 0 Å². The molecule has 1 aromatic heterocycles. The summed E-state index contributed by atoms with van der Waals surface area (Å²) in [6, 6.07) is 2.11. The van der Waals surface area contributed by atoms with E-state index in [9.17, 15) is 0 Å². The van der Waals surface area contributed by atoms with Crippen LogP contribution in [-0.4, -0.2) is 9.55 Å². The number of rotatable bonds is 1. The Morgan fingerprint density at radius 3 is 2.53 bits per heavy atom. The molecule has 0 aliphatic heterocycles. The van der Waals surface area contributed by atoms with Gasteiger partial charge >= 0.3 is 0 Å². The molecule has 0 spiro atoms. The van der Waals surface area contributed by atoms with Gasteiger partial charge in [-0.05, 0) is 37.5 Å². The third kappa shape index (κ3) is 1.50. The van der Waals surface area contributed by atoms with E-state index in [0.717, 1.165) is 22.5 Å². The Balaban J connectivity index is 2.72. The fourth-order valence-corrected chi connectivity index (χ4v) is 1.98. The Morgan fingerprint density at radius 2 is 1.93 bits per heavy atom. The lowest BCUT2D eigenvalue weighted by molar-refractivity contribution is 1.02. The number of aryl methyl sites for hydroxylation is 2. The largest absolute Gasteiger partial charge is 0.398 e. The number of hydrogen-bond donors (Lipinski definition) is 1. The van der Waals surface area contributed by atoms with Crippen molar-refractivity contribution in [2.75, 3.05) is 5.73 Å². The van der Waals surface area contributed by atoms with E-state index in [-0.39, 0.29) is 0 Å². The molecule has 2 aromatic rings. The van der Waals surface area contributed by atoms with E-state index < -0.39 is 0 Å². The molecule has 0 saturated heterocycles. The molecule has 2 rings (SSSR count). The molecule has 0 aliphatic carbocycles. The summed E-state index contributed by atoms with van der Waals surface area (Å²) in [5.74, 6) is 0. The quantitative estimate of drug-likeness (QED) is 0.720. The van der Waals surface area contributed by atoms with Crippen molar-refractivity contribution >= 4 is 5.69 Å². The van der Waals surface area contributed by atoms with Crippen LogP contribution in [0.25, 0.3) is 5.69 Å². The van der Waals surface area contributed by atoms with Crippen molar-refractivity contribution in [3.05, 3.63) is 41.5 Å². The van der Waals surface area contributed by atoms with Gasteiger partial charge in [-0.2, -0.15) is 0 Å². The Hall–Kier alpha value is -1.77. The number of aromatic nitrogens is 2. The van der Waals surface area contributed by atoms with E-state index in [1.165, 1.54) is 5.56 Å². The molecule has 0 saturated carbocycles. The average Bonchev–Trinajstić information content (AvgIpc) is 2.68. The summed E-state index contributed by atoms with van der Waals surface area (Å²) in [7, 11) is 0. The number of nitrogen functional groups attached to an aromatic ring is 1. The molecule has 0 amide bonds. The highest BCUT2D eigenvalue weighted by atomic mass is 15.0. The minimum Gasteiger partial charge on any atom is -0.398 e. The summed E-state index contributed by atoms with van der Waals surface area (Å²) in [4.78, 5) is 4.06. The zero-order valence-corrected chi connectivity index (χ0v) is 9.28. The van der Waals surface area contributed by atoms with Gasteiger partial charge in [0.05, 0.1) is 12.0 Å². The van der Waals surface area contributed by atoms with Crippen molar-refractivity contribution in [3.8, 4) is 5.69 Å². The number of nitrogens with zero attached hydrogens (tertiary/aromatic N) is 2. The van der Waals surface area contributed by atoms with Crippen molar-refractivity contribution in [3.63, 3.8) is 0 Å². The molecule has 3 heteroatoms. The third-order valence-electron chi connectivity index (χ3n) is 2.75. The SMILES string of the molecule is Cc1cc(C)c(-n2ccnc2)c(C)c1N.